The predicted molar refractivity (Wildman–Crippen MR) is 133 cm³/mol. The van der Waals surface area contributed by atoms with Gasteiger partial charge in [-0.25, -0.2) is 14.6 Å². The Kier molecular flexibility index (Phi) is 7.66. The lowest BCUT2D eigenvalue weighted by atomic mass is 10.0. The van der Waals surface area contributed by atoms with Gasteiger partial charge in [-0.05, 0) is 40.2 Å². The summed E-state index contributed by atoms with van der Waals surface area (Å²) in [6.07, 6.45) is 0. The topological polar surface area (TPSA) is 200 Å². The Hall–Kier alpha value is -3.17. The summed E-state index contributed by atoms with van der Waals surface area (Å²) in [4.78, 5) is 60.8. The molecule has 196 valence electrons. The van der Waals surface area contributed by atoms with Crippen LogP contribution in [0.4, 0.5) is 5.13 Å². The van der Waals surface area contributed by atoms with E-state index in [0.717, 1.165) is 16.2 Å². The Morgan fingerprint density at radius 2 is 1.97 bits per heavy atom. The minimum Gasteiger partial charge on any atom is -0.477 e. The second-order valence-electron chi connectivity index (χ2n) is 9.44. The van der Waals surface area contributed by atoms with E-state index in [0.29, 0.717) is 11.3 Å². The number of nitrogens with one attached hydrogen (secondary N) is 1. The number of carbonyl (C=O) groups is 4. The fourth-order valence-corrected chi connectivity index (χ4v) is 5.16. The highest BCUT2D eigenvalue weighted by atomic mass is 32.2. The van der Waals surface area contributed by atoms with Gasteiger partial charge < -0.3 is 31.5 Å². The zero-order valence-corrected chi connectivity index (χ0v) is 22.0. The molecule has 3 heterocycles. The van der Waals surface area contributed by atoms with Crippen LogP contribution < -0.4 is 16.8 Å². The molecule has 0 aliphatic carbocycles. The minimum atomic E-state index is -1.55. The van der Waals surface area contributed by atoms with E-state index in [9.17, 15) is 24.3 Å². The highest BCUT2D eigenvalue weighted by Gasteiger charge is 2.54. The van der Waals surface area contributed by atoms with Crippen LogP contribution in [-0.4, -0.2) is 79.4 Å². The third-order valence-corrected chi connectivity index (χ3v) is 7.03. The SMILES string of the molecule is CC(C)(C)OC(=O)C(C)(C)O/N=C(\C(=O)NC1C(=O)N2C(C(=O)O)=C(CN)CS[C@H]12)c1csc(N)n1. The van der Waals surface area contributed by atoms with Crippen LogP contribution in [0, 0.1) is 0 Å². The number of hydrogen-bond acceptors (Lipinski definition) is 12. The zero-order valence-electron chi connectivity index (χ0n) is 20.4. The molecule has 1 unspecified atom stereocenters. The van der Waals surface area contributed by atoms with Gasteiger partial charge in [0.15, 0.2) is 10.8 Å². The van der Waals surface area contributed by atoms with Crippen molar-refractivity contribution in [1.82, 2.24) is 15.2 Å². The molecule has 1 aromatic heterocycles. The monoisotopic (exact) mass is 540 g/mol. The highest BCUT2D eigenvalue weighted by Crippen LogP contribution is 2.40. The summed E-state index contributed by atoms with van der Waals surface area (Å²) in [7, 11) is 0. The smallest absolute Gasteiger partial charge is 0.353 e. The van der Waals surface area contributed by atoms with Gasteiger partial charge in [0.1, 0.15) is 28.4 Å². The molecule has 0 radical (unpaired) electrons. The number of ether oxygens (including phenoxy) is 1. The van der Waals surface area contributed by atoms with Crippen LogP contribution in [0.3, 0.4) is 0 Å². The van der Waals surface area contributed by atoms with Crippen molar-refractivity contribution in [1.29, 1.82) is 0 Å². The second kappa shape index (κ2) is 10.1. The van der Waals surface area contributed by atoms with Gasteiger partial charge in [-0.2, -0.15) is 0 Å². The molecule has 15 heteroatoms. The number of oxime groups is 1. The Bertz CT molecular complexity index is 1150. The molecule has 1 saturated heterocycles. The Morgan fingerprint density at radius 3 is 2.50 bits per heavy atom. The zero-order chi connectivity index (χ0) is 27.0. The number of hydrogen-bond donors (Lipinski definition) is 4. The van der Waals surface area contributed by atoms with Gasteiger partial charge in [0.2, 0.25) is 5.60 Å². The molecular formula is C21H28N6O7S2. The number of esters is 1. The van der Waals surface area contributed by atoms with Gasteiger partial charge in [0, 0.05) is 17.7 Å². The lowest BCUT2D eigenvalue weighted by Crippen LogP contribution is -2.71. The number of thiazole rings is 1. The molecule has 2 aliphatic rings. The number of β-lactam (4-membered cyclic amide) rings is 1. The largest absolute Gasteiger partial charge is 0.477 e. The van der Waals surface area contributed by atoms with Crippen molar-refractivity contribution in [2.45, 2.75) is 57.2 Å². The molecule has 0 bridgehead atoms. The van der Waals surface area contributed by atoms with Crippen LogP contribution in [-0.2, 0) is 28.8 Å². The maximum Gasteiger partial charge on any atom is 0.353 e. The summed E-state index contributed by atoms with van der Waals surface area (Å²) < 4.78 is 5.34. The summed E-state index contributed by atoms with van der Waals surface area (Å²) >= 11 is 2.34. The van der Waals surface area contributed by atoms with Crippen LogP contribution in [0.15, 0.2) is 21.8 Å². The standard InChI is InChI=1S/C21H28N6O7S2/c1-20(2,3)33-18(32)21(4,5)34-26-11(10-8-36-19(23)24-10)14(28)25-12-15(29)27-13(17(30)31)9(6-22)7-35-16(12)27/h8,12,16H,6-7,22H2,1-5H3,(H2,23,24)(H,25,28)(H,30,31)/b26-11-/t12?,16-/m1/s1. The molecule has 2 amide bonds. The first-order chi connectivity index (χ1) is 16.7. The molecule has 0 saturated carbocycles. The molecule has 1 aromatic rings. The van der Waals surface area contributed by atoms with Crippen LogP contribution in [0.25, 0.3) is 0 Å². The van der Waals surface area contributed by atoms with Crippen molar-refractivity contribution in [2.75, 3.05) is 18.0 Å². The van der Waals surface area contributed by atoms with E-state index >= 15 is 0 Å². The molecule has 0 aromatic carbocycles. The number of nitrogens with two attached hydrogens (primary N) is 2. The minimum absolute atomic E-state index is 0.00497. The molecule has 6 N–H and O–H groups in total. The van der Waals surface area contributed by atoms with Gasteiger partial charge >= 0.3 is 11.9 Å². The van der Waals surface area contributed by atoms with Gasteiger partial charge in [0.05, 0.1) is 0 Å². The number of aromatic nitrogens is 1. The number of anilines is 1. The van der Waals surface area contributed by atoms with Crippen LogP contribution >= 0.6 is 23.1 Å². The van der Waals surface area contributed by atoms with Gasteiger partial charge in [0.25, 0.3) is 11.8 Å². The van der Waals surface area contributed by atoms with Crippen molar-refractivity contribution in [3.63, 3.8) is 0 Å². The van der Waals surface area contributed by atoms with Crippen molar-refractivity contribution in [2.24, 2.45) is 10.9 Å². The molecule has 13 nitrogen and oxygen atoms in total. The number of aliphatic carboxylic acids is 1. The number of amides is 2. The van der Waals surface area contributed by atoms with Crippen molar-refractivity contribution >= 4 is 57.7 Å². The Morgan fingerprint density at radius 1 is 1.31 bits per heavy atom. The number of carboxylic acid groups (broad SMARTS) is 1. The first-order valence-electron chi connectivity index (χ1n) is 10.8. The van der Waals surface area contributed by atoms with Crippen LogP contribution in [0.2, 0.25) is 0 Å². The van der Waals surface area contributed by atoms with E-state index in [4.69, 9.17) is 21.0 Å². The summed E-state index contributed by atoms with van der Waals surface area (Å²) in [5, 5.41) is 17.0. The summed E-state index contributed by atoms with van der Waals surface area (Å²) in [5.74, 6) is -3.09. The number of rotatable bonds is 8. The second-order valence-corrected chi connectivity index (χ2v) is 11.4. The number of carboxylic acids is 1. The van der Waals surface area contributed by atoms with E-state index in [2.05, 4.69) is 15.5 Å². The fraction of sp³-hybridized carbons (Fsp3) is 0.524. The van der Waals surface area contributed by atoms with E-state index < -0.39 is 46.4 Å². The van der Waals surface area contributed by atoms with E-state index in [1.165, 1.54) is 31.0 Å². The van der Waals surface area contributed by atoms with E-state index in [1.54, 1.807) is 20.8 Å². The van der Waals surface area contributed by atoms with E-state index in [-0.39, 0.29) is 28.8 Å². The van der Waals surface area contributed by atoms with Crippen LogP contribution in [0.5, 0.6) is 0 Å². The summed E-state index contributed by atoms with van der Waals surface area (Å²) in [6.45, 7) is 7.95. The summed E-state index contributed by atoms with van der Waals surface area (Å²) in [5.41, 5.74) is 9.04. The van der Waals surface area contributed by atoms with Crippen molar-refractivity contribution < 1.29 is 33.9 Å². The maximum absolute atomic E-state index is 13.2. The third kappa shape index (κ3) is 5.63. The average molecular weight is 541 g/mol. The van der Waals surface area contributed by atoms with Gasteiger partial charge in [-0.15, -0.1) is 23.1 Å². The normalized spacial score (nSPS) is 20.4. The number of thioether (sulfide) groups is 1. The molecule has 36 heavy (non-hydrogen) atoms. The first-order valence-corrected chi connectivity index (χ1v) is 12.7. The molecule has 3 rings (SSSR count). The maximum atomic E-state index is 13.2. The molecular weight excluding hydrogens is 512 g/mol. The van der Waals surface area contributed by atoms with Gasteiger partial charge in [-0.3, -0.25) is 14.5 Å². The Labute approximate surface area is 215 Å². The van der Waals surface area contributed by atoms with Crippen molar-refractivity contribution in [3.05, 3.63) is 22.3 Å². The lowest BCUT2D eigenvalue weighted by molar-refractivity contribution is -0.179. The fourth-order valence-electron chi connectivity index (χ4n) is 3.25. The molecule has 2 atom stereocenters. The molecule has 0 spiro atoms. The third-order valence-electron chi connectivity index (χ3n) is 5.02. The van der Waals surface area contributed by atoms with Crippen molar-refractivity contribution in [3.8, 4) is 0 Å². The number of nitrogens with zero attached hydrogens (tertiary/aromatic N) is 3. The molecule has 2 aliphatic heterocycles. The summed E-state index contributed by atoms with van der Waals surface area (Å²) in [6, 6.07) is -1.02. The number of fused-ring (bicyclic) bond motifs is 1. The number of nitrogen functional groups attached to an aromatic ring is 1. The highest BCUT2D eigenvalue weighted by molar-refractivity contribution is 8.00. The first kappa shape index (κ1) is 27.4. The predicted octanol–water partition coefficient (Wildman–Crippen LogP) is 0.264. The lowest BCUT2D eigenvalue weighted by Gasteiger charge is -2.49. The quantitative estimate of drug-likeness (QED) is 0.153. The van der Waals surface area contributed by atoms with E-state index in [1.807, 2.05) is 0 Å². The number of carbonyl (C=O) groups excluding carboxylic acids is 3. The average Bonchev–Trinajstić information content (AvgIpc) is 3.20. The van der Waals surface area contributed by atoms with Gasteiger partial charge in [-0.1, -0.05) is 5.16 Å². The van der Waals surface area contributed by atoms with Crippen LogP contribution in [0.1, 0.15) is 40.3 Å². The Balaban J connectivity index is 1.82. The molecule has 1 fully saturated rings.